The van der Waals surface area contributed by atoms with Crippen LogP contribution >= 0.6 is 0 Å². The van der Waals surface area contributed by atoms with Gasteiger partial charge in [-0.3, -0.25) is 0 Å². The van der Waals surface area contributed by atoms with Crippen LogP contribution in [0, 0.1) is 5.92 Å². The molecule has 0 aliphatic rings. The van der Waals surface area contributed by atoms with Crippen molar-refractivity contribution in [3.63, 3.8) is 0 Å². The third kappa shape index (κ3) is 6.88. The molecule has 0 radical (unpaired) electrons. The van der Waals surface area contributed by atoms with E-state index >= 15 is 0 Å². The first-order valence-electron chi connectivity index (χ1n) is 7.38. The molecule has 7 heteroatoms. The fourth-order valence-electron chi connectivity index (χ4n) is 1.95. The second-order valence-electron chi connectivity index (χ2n) is 5.52. The number of nitrogens with zero attached hydrogens (tertiary/aromatic N) is 1. The first-order valence-corrected chi connectivity index (χ1v) is 8.86. The molecular formula is C14H26N4O2S. The molecule has 1 aromatic rings. The van der Waals surface area contributed by atoms with E-state index in [1.54, 1.807) is 0 Å². The molecule has 0 saturated carbocycles. The summed E-state index contributed by atoms with van der Waals surface area (Å²) in [5.41, 5.74) is 2.36. The number of unbranched alkanes of at least 4 members (excludes halogenated alkanes) is 3. The molecule has 120 valence electrons. The van der Waals surface area contributed by atoms with Gasteiger partial charge in [-0.15, -0.1) is 0 Å². The number of nitrogens with one attached hydrogen (secondary N) is 2. The molecule has 0 unspecified atom stereocenters. The van der Waals surface area contributed by atoms with Crippen LogP contribution < -0.4 is 16.0 Å². The average molecular weight is 314 g/mol. The molecule has 0 amide bonds. The van der Waals surface area contributed by atoms with Gasteiger partial charge in [-0.2, -0.15) is 0 Å². The molecule has 0 aliphatic carbocycles. The number of nitrogens with two attached hydrogens (primary N) is 1. The van der Waals surface area contributed by atoms with Gasteiger partial charge in [-0.1, -0.05) is 39.5 Å². The number of anilines is 1. The van der Waals surface area contributed by atoms with Crippen molar-refractivity contribution in [3.8, 4) is 0 Å². The maximum Gasteiger partial charge on any atom is 0.242 e. The maximum atomic E-state index is 12.0. The normalized spacial score (nSPS) is 11.8. The van der Waals surface area contributed by atoms with Crippen LogP contribution in [0.25, 0.3) is 0 Å². The van der Waals surface area contributed by atoms with Crippen molar-refractivity contribution in [2.24, 2.45) is 11.8 Å². The Kier molecular flexibility index (Phi) is 7.63. The van der Waals surface area contributed by atoms with Crippen LogP contribution in [0.4, 0.5) is 5.82 Å². The second kappa shape index (κ2) is 8.96. The van der Waals surface area contributed by atoms with Crippen molar-refractivity contribution in [2.75, 3.05) is 12.0 Å². The van der Waals surface area contributed by atoms with E-state index in [4.69, 9.17) is 5.84 Å². The zero-order chi connectivity index (χ0) is 15.7. The van der Waals surface area contributed by atoms with Gasteiger partial charge < -0.3 is 5.43 Å². The minimum absolute atomic E-state index is 0.154. The van der Waals surface area contributed by atoms with E-state index in [9.17, 15) is 8.42 Å². The van der Waals surface area contributed by atoms with Crippen LogP contribution in [0.5, 0.6) is 0 Å². The average Bonchev–Trinajstić information content (AvgIpc) is 2.46. The van der Waals surface area contributed by atoms with Crippen molar-refractivity contribution in [1.82, 2.24) is 9.71 Å². The second-order valence-corrected chi connectivity index (χ2v) is 7.28. The Morgan fingerprint density at radius 1 is 1.19 bits per heavy atom. The standard InChI is InChI=1S/C14H26N4O2S/c1-12(2)7-5-3-4-6-10-17-21(19,20)13-8-9-14(18-15)16-11-13/h8-9,11-12,17H,3-7,10,15H2,1-2H3,(H,16,18). The number of sulfonamides is 1. The van der Waals surface area contributed by atoms with Gasteiger partial charge in [0.1, 0.15) is 10.7 Å². The molecule has 0 aromatic carbocycles. The van der Waals surface area contributed by atoms with Gasteiger partial charge in [0.2, 0.25) is 10.0 Å². The lowest BCUT2D eigenvalue weighted by Gasteiger charge is -2.07. The van der Waals surface area contributed by atoms with E-state index < -0.39 is 10.0 Å². The van der Waals surface area contributed by atoms with Gasteiger partial charge in [-0.05, 0) is 24.5 Å². The molecule has 0 aliphatic heterocycles. The molecule has 21 heavy (non-hydrogen) atoms. The summed E-state index contributed by atoms with van der Waals surface area (Å²) in [6.07, 6.45) is 6.79. The molecule has 0 fully saturated rings. The SMILES string of the molecule is CC(C)CCCCCCNS(=O)(=O)c1ccc(NN)nc1. The minimum atomic E-state index is -3.47. The summed E-state index contributed by atoms with van der Waals surface area (Å²) in [6, 6.07) is 3.01. The van der Waals surface area contributed by atoms with Gasteiger partial charge in [0.05, 0.1) is 0 Å². The molecule has 1 rings (SSSR count). The molecular weight excluding hydrogens is 288 g/mol. The van der Waals surface area contributed by atoms with Crippen molar-refractivity contribution >= 4 is 15.8 Å². The predicted molar refractivity (Wildman–Crippen MR) is 85.2 cm³/mol. The third-order valence-electron chi connectivity index (χ3n) is 3.19. The summed E-state index contributed by atoms with van der Waals surface area (Å²) in [5.74, 6) is 6.36. The zero-order valence-corrected chi connectivity index (χ0v) is 13.6. The number of rotatable bonds is 10. The van der Waals surface area contributed by atoms with Crippen molar-refractivity contribution in [1.29, 1.82) is 0 Å². The summed E-state index contributed by atoms with van der Waals surface area (Å²) in [5, 5.41) is 0. The number of hydrazine groups is 1. The summed E-state index contributed by atoms with van der Waals surface area (Å²) < 4.78 is 26.6. The predicted octanol–water partition coefficient (Wildman–Crippen LogP) is 2.25. The Labute approximate surface area is 127 Å². The zero-order valence-electron chi connectivity index (χ0n) is 12.8. The van der Waals surface area contributed by atoms with Gasteiger partial charge in [0.25, 0.3) is 0 Å². The molecule has 1 heterocycles. The van der Waals surface area contributed by atoms with Crippen LogP contribution in [0.2, 0.25) is 0 Å². The monoisotopic (exact) mass is 314 g/mol. The highest BCUT2D eigenvalue weighted by Gasteiger charge is 2.13. The number of hydrogen-bond donors (Lipinski definition) is 3. The molecule has 0 bridgehead atoms. The number of pyridine rings is 1. The lowest BCUT2D eigenvalue weighted by molar-refractivity contribution is 0.517. The van der Waals surface area contributed by atoms with Gasteiger partial charge in [-0.25, -0.2) is 24.0 Å². The number of aromatic nitrogens is 1. The fourth-order valence-corrected chi connectivity index (χ4v) is 2.96. The first kappa shape index (κ1) is 17.9. The smallest absolute Gasteiger partial charge is 0.242 e. The van der Waals surface area contributed by atoms with Crippen LogP contribution in [-0.2, 0) is 10.0 Å². The van der Waals surface area contributed by atoms with Crippen molar-refractivity contribution in [2.45, 2.75) is 50.8 Å². The quantitative estimate of drug-likeness (QED) is 0.349. The number of nitrogen functional groups attached to an aromatic ring is 1. The molecule has 4 N–H and O–H groups in total. The summed E-state index contributed by atoms with van der Waals surface area (Å²) in [4.78, 5) is 4.05. The molecule has 0 spiro atoms. The lowest BCUT2D eigenvalue weighted by Crippen LogP contribution is -2.25. The van der Waals surface area contributed by atoms with E-state index in [1.807, 2.05) is 0 Å². The first-order chi connectivity index (χ1) is 9.95. The topological polar surface area (TPSA) is 97.1 Å². The summed E-state index contributed by atoms with van der Waals surface area (Å²) in [6.45, 7) is 4.89. The molecule has 1 aromatic heterocycles. The Hall–Kier alpha value is -1.18. The van der Waals surface area contributed by atoms with Crippen LogP contribution in [0.3, 0.4) is 0 Å². The Balaban J connectivity index is 2.29. The van der Waals surface area contributed by atoms with Gasteiger partial charge in [0.15, 0.2) is 0 Å². The third-order valence-corrected chi connectivity index (χ3v) is 4.64. The lowest BCUT2D eigenvalue weighted by atomic mass is 10.0. The van der Waals surface area contributed by atoms with Crippen LogP contribution in [-0.4, -0.2) is 19.9 Å². The van der Waals surface area contributed by atoms with Crippen molar-refractivity contribution in [3.05, 3.63) is 18.3 Å². The maximum absolute atomic E-state index is 12.0. The van der Waals surface area contributed by atoms with E-state index in [0.717, 1.165) is 25.2 Å². The molecule has 6 nitrogen and oxygen atoms in total. The van der Waals surface area contributed by atoms with Gasteiger partial charge >= 0.3 is 0 Å². The Bertz CT molecular complexity index is 500. The number of hydrogen-bond acceptors (Lipinski definition) is 5. The molecule has 0 saturated heterocycles. The van der Waals surface area contributed by atoms with Crippen molar-refractivity contribution < 1.29 is 8.42 Å². The van der Waals surface area contributed by atoms with E-state index in [2.05, 4.69) is 29.0 Å². The largest absolute Gasteiger partial charge is 0.308 e. The molecule has 0 atom stereocenters. The van der Waals surface area contributed by atoms with E-state index in [1.165, 1.54) is 31.2 Å². The summed E-state index contributed by atoms with van der Waals surface area (Å²) >= 11 is 0. The Morgan fingerprint density at radius 2 is 1.90 bits per heavy atom. The highest BCUT2D eigenvalue weighted by atomic mass is 32.2. The fraction of sp³-hybridized carbons (Fsp3) is 0.643. The Morgan fingerprint density at radius 3 is 2.48 bits per heavy atom. The minimum Gasteiger partial charge on any atom is -0.308 e. The van der Waals surface area contributed by atoms with Crippen LogP contribution in [0.1, 0.15) is 46.0 Å². The highest BCUT2D eigenvalue weighted by molar-refractivity contribution is 7.89. The van der Waals surface area contributed by atoms with E-state index in [-0.39, 0.29) is 4.90 Å². The van der Waals surface area contributed by atoms with Gasteiger partial charge in [0, 0.05) is 12.7 Å². The van der Waals surface area contributed by atoms with Crippen LogP contribution in [0.15, 0.2) is 23.2 Å². The van der Waals surface area contributed by atoms with E-state index in [0.29, 0.717) is 12.4 Å². The highest BCUT2D eigenvalue weighted by Crippen LogP contribution is 2.11. The summed E-state index contributed by atoms with van der Waals surface area (Å²) in [7, 11) is -3.47.